The standard InChI is InChI=1S/C11H16BClN2O2/c1-8(2)6-14-15-7-9-3-4-10(12(16)17)11(13)5-9/h3-5,7-8,14,16-17H,6H2,1-2H3/b15-7+. The van der Waals surface area contributed by atoms with Gasteiger partial charge >= 0.3 is 7.12 Å². The summed E-state index contributed by atoms with van der Waals surface area (Å²) in [5.41, 5.74) is 4.01. The zero-order valence-corrected chi connectivity index (χ0v) is 10.6. The van der Waals surface area contributed by atoms with E-state index in [0.717, 1.165) is 12.1 Å². The number of rotatable bonds is 5. The molecular formula is C11H16BClN2O2. The Hall–Kier alpha value is -1.04. The van der Waals surface area contributed by atoms with Crippen molar-refractivity contribution in [2.24, 2.45) is 11.0 Å². The van der Waals surface area contributed by atoms with Gasteiger partial charge in [-0.05, 0) is 17.5 Å². The Morgan fingerprint density at radius 2 is 2.18 bits per heavy atom. The number of nitrogens with zero attached hydrogens (tertiary/aromatic N) is 1. The highest BCUT2D eigenvalue weighted by Crippen LogP contribution is 2.07. The van der Waals surface area contributed by atoms with E-state index in [4.69, 9.17) is 21.6 Å². The van der Waals surface area contributed by atoms with E-state index in [1.165, 1.54) is 0 Å². The van der Waals surface area contributed by atoms with E-state index in [1.807, 2.05) is 0 Å². The summed E-state index contributed by atoms with van der Waals surface area (Å²) in [6.07, 6.45) is 1.64. The monoisotopic (exact) mass is 254 g/mol. The predicted octanol–water partition coefficient (Wildman–Crippen LogP) is 0.599. The van der Waals surface area contributed by atoms with E-state index in [0.29, 0.717) is 16.4 Å². The number of hydrazone groups is 1. The maximum atomic E-state index is 9.00. The number of halogens is 1. The Balaban J connectivity index is 2.64. The van der Waals surface area contributed by atoms with Crippen LogP contribution in [0.25, 0.3) is 0 Å². The molecule has 6 heteroatoms. The number of nitrogens with one attached hydrogen (secondary N) is 1. The minimum atomic E-state index is -1.55. The summed E-state index contributed by atoms with van der Waals surface area (Å²) in [5, 5.41) is 22.3. The molecule has 0 saturated carbocycles. The van der Waals surface area contributed by atoms with E-state index in [-0.39, 0.29) is 0 Å². The van der Waals surface area contributed by atoms with Crippen molar-refractivity contribution in [2.75, 3.05) is 6.54 Å². The number of benzene rings is 1. The molecule has 0 aliphatic carbocycles. The summed E-state index contributed by atoms with van der Waals surface area (Å²) in [7, 11) is -1.55. The quantitative estimate of drug-likeness (QED) is 0.410. The molecule has 0 unspecified atom stereocenters. The van der Waals surface area contributed by atoms with Gasteiger partial charge in [0.1, 0.15) is 0 Å². The third kappa shape index (κ3) is 4.77. The van der Waals surface area contributed by atoms with Crippen LogP contribution in [0.5, 0.6) is 0 Å². The molecule has 92 valence electrons. The predicted molar refractivity (Wildman–Crippen MR) is 71.7 cm³/mol. The van der Waals surface area contributed by atoms with Crippen molar-refractivity contribution in [3.05, 3.63) is 28.8 Å². The van der Waals surface area contributed by atoms with E-state index in [1.54, 1.807) is 24.4 Å². The van der Waals surface area contributed by atoms with E-state index < -0.39 is 7.12 Å². The SMILES string of the molecule is CC(C)CN/N=C/c1ccc(B(O)O)c(Cl)c1. The third-order valence-corrected chi connectivity index (χ3v) is 2.43. The summed E-state index contributed by atoms with van der Waals surface area (Å²) in [6.45, 7) is 4.99. The van der Waals surface area contributed by atoms with Crippen LogP contribution in [-0.2, 0) is 0 Å². The molecule has 17 heavy (non-hydrogen) atoms. The number of hydrogen-bond acceptors (Lipinski definition) is 4. The Morgan fingerprint density at radius 1 is 1.47 bits per heavy atom. The van der Waals surface area contributed by atoms with Gasteiger partial charge in [-0.25, -0.2) is 0 Å². The van der Waals surface area contributed by atoms with Crippen LogP contribution in [0.3, 0.4) is 0 Å². The van der Waals surface area contributed by atoms with Crippen molar-refractivity contribution in [3.8, 4) is 0 Å². The van der Waals surface area contributed by atoms with Crippen LogP contribution in [0.15, 0.2) is 23.3 Å². The highest BCUT2D eigenvalue weighted by Gasteiger charge is 2.14. The maximum absolute atomic E-state index is 9.00. The first-order valence-corrected chi connectivity index (χ1v) is 5.80. The molecule has 4 nitrogen and oxygen atoms in total. The van der Waals surface area contributed by atoms with Crippen LogP contribution in [0.2, 0.25) is 5.02 Å². The lowest BCUT2D eigenvalue weighted by atomic mass is 9.80. The van der Waals surface area contributed by atoms with Crippen molar-refractivity contribution < 1.29 is 10.0 Å². The molecule has 0 aromatic heterocycles. The Labute approximate surface area is 106 Å². The molecule has 0 heterocycles. The highest BCUT2D eigenvalue weighted by molar-refractivity contribution is 6.62. The smallest absolute Gasteiger partial charge is 0.423 e. The molecular weight excluding hydrogens is 238 g/mol. The number of hydrogen-bond donors (Lipinski definition) is 3. The molecule has 0 amide bonds. The summed E-state index contributed by atoms with van der Waals surface area (Å²) in [5.74, 6) is 0.530. The van der Waals surface area contributed by atoms with Gasteiger partial charge in [0.2, 0.25) is 0 Å². The first-order valence-electron chi connectivity index (χ1n) is 5.42. The Kier molecular flexibility index (Phi) is 5.48. The molecule has 0 radical (unpaired) electrons. The molecule has 0 fully saturated rings. The van der Waals surface area contributed by atoms with Gasteiger partial charge in [-0.15, -0.1) is 0 Å². The van der Waals surface area contributed by atoms with Crippen LogP contribution in [0, 0.1) is 5.92 Å². The molecule has 3 N–H and O–H groups in total. The van der Waals surface area contributed by atoms with Crippen molar-refractivity contribution in [3.63, 3.8) is 0 Å². The van der Waals surface area contributed by atoms with Crippen LogP contribution in [-0.4, -0.2) is 29.9 Å². The average Bonchev–Trinajstić information content (AvgIpc) is 2.23. The largest absolute Gasteiger partial charge is 0.489 e. The molecule has 1 aromatic carbocycles. The fraction of sp³-hybridized carbons (Fsp3) is 0.364. The second-order valence-corrected chi connectivity index (χ2v) is 4.58. The van der Waals surface area contributed by atoms with E-state index in [2.05, 4.69) is 24.4 Å². The summed E-state index contributed by atoms with van der Waals surface area (Å²) in [4.78, 5) is 0. The van der Waals surface area contributed by atoms with Gasteiger partial charge in [0.25, 0.3) is 0 Å². The van der Waals surface area contributed by atoms with Gasteiger partial charge in [-0.1, -0.05) is 37.6 Å². The molecule has 0 saturated heterocycles. The summed E-state index contributed by atoms with van der Waals surface area (Å²) in [6, 6.07) is 4.93. The Bertz CT molecular complexity index is 397. The second-order valence-electron chi connectivity index (χ2n) is 4.17. The zero-order chi connectivity index (χ0) is 12.8. The lowest BCUT2D eigenvalue weighted by Gasteiger charge is -2.04. The van der Waals surface area contributed by atoms with Crippen LogP contribution >= 0.6 is 11.6 Å². The summed E-state index contributed by atoms with van der Waals surface area (Å²) >= 11 is 5.89. The zero-order valence-electron chi connectivity index (χ0n) is 9.89. The first kappa shape index (κ1) is 14.0. The fourth-order valence-electron chi connectivity index (χ4n) is 1.19. The van der Waals surface area contributed by atoms with Gasteiger partial charge in [-0.2, -0.15) is 5.10 Å². The van der Waals surface area contributed by atoms with Crippen molar-refractivity contribution in [2.45, 2.75) is 13.8 Å². The van der Waals surface area contributed by atoms with Gasteiger partial charge in [-0.3, -0.25) is 0 Å². The molecule has 1 aromatic rings. The van der Waals surface area contributed by atoms with Gasteiger partial charge < -0.3 is 15.5 Å². The third-order valence-electron chi connectivity index (χ3n) is 2.11. The lowest BCUT2D eigenvalue weighted by Crippen LogP contribution is -2.30. The first-order chi connectivity index (χ1) is 8.00. The average molecular weight is 255 g/mol. The van der Waals surface area contributed by atoms with E-state index in [9.17, 15) is 0 Å². The Morgan fingerprint density at radius 3 is 2.71 bits per heavy atom. The topological polar surface area (TPSA) is 64.9 Å². The minimum Gasteiger partial charge on any atom is -0.423 e. The molecule has 0 atom stereocenters. The van der Waals surface area contributed by atoms with Gasteiger partial charge in [0.05, 0.1) is 6.21 Å². The van der Waals surface area contributed by atoms with Gasteiger partial charge in [0.15, 0.2) is 0 Å². The summed E-state index contributed by atoms with van der Waals surface area (Å²) < 4.78 is 0. The minimum absolute atomic E-state index is 0.291. The fourth-order valence-corrected chi connectivity index (χ4v) is 1.48. The van der Waals surface area contributed by atoms with Crippen molar-refractivity contribution in [1.29, 1.82) is 0 Å². The van der Waals surface area contributed by atoms with Gasteiger partial charge in [0, 0.05) is 17.0 Å². The second kappa shape index (κ2) is 6.64. The van der Waals surface area contributed by atoms with Crippen LogP contribution in [0.1, 0.15) is 19.4 Å². The normalized spacial score (nSPS) is 11.2. The van der Waals surface area contributed by atoms with Crippen LogP contribution in [0.4, 0.5) is 0 Å². The molecule has 0 spiro atoms. The van der Waals surface area contributed by atoms with Crippen LogP contribution < -0.4 is 10.9 Å². The molecule has 0 aliphatic rings. The molecule has 0 bridgehead atoms. The van der Waals surface area contributed by atoms with Crippen molar-refractivity contribution in [1.82, 2.24) is 5.43 Å². The molecule has 1 rings (SSSR count). The molecule has 0 aliphatic heterocycles. The maximum Gasteiger partial charge on any atom is 0.489 e. The highest BCUT2D eigenvalue weighted by atomic mass is 35.5. The van der Waals surface area contributed by atoms with E-state index >= 15 is 0 Å². The van der Waals surface area contributed by atoms with Crippen molar-refractivity contribution >= 4 is 30.4 Å². The lowest BCUT2D eigenvalue weighted by molar-refractivity contribution is 0.426.